The molecule has 2 aromatic rings. The van der Waals surface area contributed by atoms with Gasteiger partial charge in [-0.15, -0.1) is 0 Å². The van der Waals surface area contributed by atoms with E-state index in [4.69, 9.17) is 21.9 Å². The summed E-state index contributed by atoms with van der Waals surface area (Å²) >= 11 is 5.79. The van der Waals surface area contributed by atoms with E-state index in [0.29, 0.717) is 28.3 Å². The summed E-state index contributed by atoms with van der Waals surface area (Å²) in [6.07, 6.45) is 1.55. The lowest BCUT2D eigenvalue weighted by atomic mass is 9.90. The van der Waals surface area contributed by atoms with Gasteiger partial charge < -0.3 is 10.3 Å². The Bertz CT molecular complexity index is 528. The number of rotatable bonds is 4. The van der Waals surface area contributed by atoms with Crippen LogP contribution in [0.5, 0.6) is 0 Å². The van der Waals surface area contributed by atoms with Crippen molar-refractivity contribution in [2.45, 2.75) is 32.7 Å². The zero-order chi connectivity index (χ0) is 14.0. The molecule has 2 unspecified atom stereocenters. The number of halogens is 1. The minimum atomic E-state index is -0.0496. The standard InChI is InChI=1S/C13H17ClN4O/c1-7(2)11(8(3)15)13-17-12(18-19-13)10-5-4-9(14)6-16-10/h4-8,11H,15H2,1-3H3. The van der Waals surface area contributed by atoms with E-state index in [1.54, 1.807) is 18.3 Å². The molecule has 0 bridgehead atoms. The number of hydrogen-bond donors (Lipinski definition) is 1. The van der Waals surface area contributed by atoms with Crippen molar-refractivity contribution < 1.29 is 4.52 Å². The topological polar surface area (TPSA) is 77.8 Å². The fourth-order valence-corrected chi connectivity index (χ4v) is 2.21. The summed E-state index contributed by atoms with van der Waals surface area (Å²) in [5.41, 5.74) is 6.61. The molecule has 102 valence electrons. The van der Waals surface area contributed by atoms with Crippen LogP contribution in [0.2, 0.25) is 5.02 Å². The van der Waals surface area contributed by atoms with Gasteiger partial charge in [-0.1, -0.05) is 30.6 Å². The summed E-state index contributed by atoms with van der Waals surface area (Å²) in [4.78, 5) is 8.55. The second-order valence-corrected chi connectivity index (χ2v) is 5.38. The molecule has 0 fully saturated rings. The van der Waals surface area contributed by atoms with E-state index >= 15 is 0 Å². The molecule has 2 aromatic heterocycles. The quantitative estimate of drug-likeness (QED) is 0.932. The van der Waals surface area contributed by atoms with Gasteiger partial charge in [-0.3, -0.25) is 4.98 Å². The highest BCUT2D eigenvalue weighted by atomic mass is 35.5. The van der Waals surface area contributed by atoms with Crippen LogP contribution in [0.3, 0.4) is 0 Å². The van der Waals surface area contributed by atoms with Crippen molar-refractivity contribution in [1.82, 2.24) is 15.1 Å². The van der Waals surface area contributed by atoms with E-state index in [-0.39, 0.29) is 12.0 Å². The third kappa shape index (κ3) is 3.11. The van der Waals surface area contributed by atoms with Gasteiger partial charge in [-0.25, -0.2) is 0 Å². The molecule has 0 saturated carbocycles. The predicted octanol–water partition coefficient (Wildman–Crippen LogP) is 2.87. The lowest BCUT2D eigenvalue weighted by Gasteiger charge is -2.20. The monoisotopic (exact) mass is 280 g/mol. The van der Waals surface area contributed by atoms with Gasteiger partial charge in [0.25, 0.3) is 0 Å². The molecule has 5 nitrogen and oxygen atoms in total. The first-order valence-electron chi connectivity index (χ1n) is 6.20. The molecular formula is C13H17ClN4O. The summed E-state index contributed by atoms with van der Waals surface area (Å²) in [7, 11) is 0. The SMILES string of the molecule is CC(C)C(c1nc(-c2ccc(Cl)cn2)no1)C(C)N. The summed E-state index contributed by atoms with van der Waals surface area (Å²) in [5, 5.41) is 4.53. The maximum atomic E-state index is 5.98. The van der Waals surface area contributed by atoms with Gasteiger partial charge >= 0.3 is 0 Å². The maximum absolute atomic E-state index is 5.98. The second-order valence-electron chi connectivity index (χ2n) is 4.95. The summed E-state index contributed by atoms with van der Waals surface area (Å²) < 4.78 is 5.32. The van der Waals surface area contributed by atoms with Crippen molar-refractivity contribution in [2.24, 2.45) is 11.7 Å². The molecule has 2 atom stereocenters. The van der Waals surface area contributed by atoms with Crippen LogP contribution < -0.4 is 5.73 Å². The van der Waals surface area contributed by atoms with Crippen molar-refractivity contribution in [1.29, 1.82) is 0 Å². The zero-order valence-corrected chi connectivity index (χ0v) is 11.9. The van der Waals surface area contributed by atoms with Crippen molar-refractivity contribution in [3.8, 4) is 11.5 Å². The Hall–Kier alpha value is -1.46. The maximum Gasteiger partial charge on any atom is 0.231 e. The van der Waals surface area contributed by atoms with Crippen molar-refractivity contribution in [3.05, 3.63) is 29.2 Å². The molecule has 0 saturated heterocycles. The van der Waals surface area contributed by atoms with E-state index in [0.717, 1.165) is 0 Å². The second kappa shape index (κ2) is 5.67. The van der Waals surface area contributed by atoms with Crippen molar-refractivity contribution >= 4 is 11.6 Å². The van der Waals surface area contributed by atoms with Gasteiger partial charge in [0.1, 0.15) is 5.69 Å². The lowest BCUT2D eigenvalue weighted by Crippen LogP contribution is -2.28. The van der Waals surface area contributed by atoms with Crippen LogP contribution in [0.25, 0.3) is 11.5 Å². The highest BCUT2D eigenvalue weighted by Crippen LogP contribution is 2.27. The molecule has 6 heteroatoms. The van der Waals surface area contributed by atoms with Crippen LogP contribution >= 0.6 is 11.6 Å². The van der Waals surface area contributed by atoms with Crippen LogP contribution in [0, 0.1) is 5.92 Å². The van der Waals surface area contributed by atoms with Gasteiger partial charge in [0.15, 0.2) is 0 Å². The van der Waals surface area contributed by atoms with Gasteiger partial charge in [0, 0.05) is 12.2 Å². The molecule has 2 heterocycles. The minimum Gasteiger partial charge on any atom is -0.339 e. The fraction of sp³-hybridized carbons (Fsp3) is 0.462. The van der Waals surface area contributed by atoms with Gasteiger partial charge in [-0.05, 0) is 25.0 Å². The number of nitrogens with zero attached hydrogens (tertiary/aromatic N) is 3. The van der Waals surface area contributed by atoms with Gasteiger partial charge in [0.05, 0.1) is 10.9 Å². The van der Waals surface area contributed by atoms with Crippen molar-refractivity contribution in [3.63, 3.8) is 0 Å². The molecule has 0 amide bonds. The largest absolute Gasteiger partial charge is 0.339 e. The molecule has 0 spiro atoms. The lowest BCUT2D eigenvalue weighted by molar-refractivity contribution is 0.300. The van der Waals surface area contributed by atoms with E-state index in [9.17, 15) is 0 Å². The van der Waals surface area contributed by atoms with E-state index in [1.165, 1.54) is 0 Å². The predicted molar refractivity (Wildman–Crippen MR) is 73.8 cm³/mol. The van der Waals surface area contributed by atoms with Crippen LogP contribution in [0.15, 0.2) is 22.9 Å². The average Bonchev–Trinajstić information content (AvgIpc) is 2.78. The fourth-order valence-electron chi connectivity index (χ4n) is 2.10. The van der Waals surface area contributed by atoms with E-state index in [2.05, 4.69) is 29.0 Å². The Morgan fingerprint density at radius 2 is 2.00 bits per heavy atom. The Labute approximate surface area is 117 Å². The number of aromatic nitrogens is 3. The molecule has 2 N–H and O–H groups in total. The molecular weight excluding hydrogens is 264 g/mol. The van der Waals surface area contributed by atoms with Gasteiger partial charge in [0.2, 0.25) is 11.7 Å². The molecule has 0 aliphatic heterocycles. The number of nitrogens with two attached hydrogens (primary N) is 1. The highest BCUT2D eigenvalue weighted by Gasteiger charge is 2.26. The van der Waals surface area contributed by atoms with Crippen molar-refractivity contribution in [2.75, 3.05) is 0 Å². The van der Waals surface area contributed by atoms with Crippen LogP contribution in [-0.4, -0.2) is 21.2 Å². The van der Waals surface area contributed by atoms with Crippen LogP contribution in [-0.2, 0) is 0 Å². The Morgan fingerprint density at radius 1 is 1.26 bits per heavy atom. The van der Waals surface area contributed by atoms with E-state index < -0.39 is 0 Å². The first kappa shape index (κ1) is 14.0. The molecule has 0 aliphatic carbocycles. The normalized spacial score (nSPS) is 14.6. The molecule has 0 aromatic carbocycles. The molecule has 19 heavy (non-hydrogen) atoms. The summed E-state index contributed by atoms with van der Waals surface area (Å²) in [6.45, 7) is 6.10. The number of pyridine rings is 1. The molecule has 0 aliphatic rings. The average molecular weight is 281 g/mol. The van der Waals surface area contributed by atoms with E-state index in [1.807, 2.05) is 6.92 Å². The first-order valence-corrected chi connectivity index (χ1v) is 6.58. The molecule has 2 rings (SSSR count). The van der Waals surface area contributed by atoms with Crippen LogP contribution in [0.1, 0.15) is 32.6 Å². The zero-order valence-electron chi connectivity index (χ0n) is 11.2. The third-order valence-corrected chi connectivity index (χ3v) is 3.19. The summed E-state index contributed by atoms with van der Waals surface area (Å²) in [5.74, 6) is 1.37. The Balaban J connectivity index is 2.30. The number of hydrogen-bond acceptors (Lipinski definition) is 5. The molecule has 0 radical (unpaired) electrons. The Morgan fingerprint density at radius 3 is 2.53 bits per heavy atom. The Kier molecular flexibility index (Phi) is 4.17. The third-order valence-electron chi connectivity index (χ3n) is 2.97. The first-order chi connectivity index (χ1) is 8.99. The highest BCUT2D eigenvalue weighted by molar-refractivity contribution is 6.30. The smallest absolute Gasteiger partial charge is 0.231 e. The van der Waals surface area contributed by atoms with Crippen LogP contribution in [0.4, 0.5) is 0 Å². The minimum absolute atomic E-state index is 0.0357. The summed E-state index contributed by atoms with van der Waals surface area (Å²) in [6, 6.07) is 3.45. The van der Waals surface area contributed by atoms with Gasteiger partial charge in [-0.2, -0.15) is 4.98 Å².